The number of carbonyl (C=O) groups excluding carboxylic acids is 1. The average Bonchev–Trinajstić information content (AvgIpc) is 3.25. The van der Waals surface area contributed by atoms with Crippen molar-refractivity contribution in [2.75, 3.05) is 19.8 Å². The van der Waals surface area contributed by atoms with Gasteiger partial charge in [-0.05, 0) is 56.3 Å². The number of Topliss-reactive ketones (excluding diaryl/α,β-unsaturated/α-hetero) is 1. The minimum atomic E-state index is -0.0140. The molecule has 7 heteroatoms. The van der Waals surface area contributed by atoms with Crippen LogP contribution in [0.5, 0.6) is 0 Å². The Bertz CT molecular complexity index is 765. The molecule has 2 aromatic rings. The highest BCUT2D eigenvalue weighted by Gasteiger charge is 2.25. The maximum atomic E-state index is 12.6. The van der Waals surface area contributed by atoms with Crippen LogP contribution >= 0.6 is 24.0 Å². The molecule has 1 N–H and O–H groups in total. The van der Waals surface area contributed by atoms with Gasteiger partial charge in [-0.25, -0.2) is 4.98 Å². The minimum absolute atomic E-state index is 0. The molecule has 5 nitrogen and oxygen atoms in total. The smallest absolute Gasteiger partial charge is 0.157 e. The Morgan fingerprint density at radius 2 is 2.12 bits per heavy atom. The van der Waals surface area contributed by atoms with Gasteiger partial charge in [0.15, 0.2) is 5.78 Å². The van der Waals surface area contributed by atoms with Crippen LogP contribution < -0.4 is 5.32 Å². The van der Waals surface area contributed by atoms with E-state index in [0.717, 1.165) is 68.8 Å². The van der Waals surface area contributed by atoms with E-state index in [1.54, 1.807) is 0 Å². The van der Waals surface area contributed by atoms with Crippen LogP contribution in [0.15, 0.2) is 18.2 Å². The molecule has 0 unspecified atom stereocenters. The summed E-state index contributed by atoms with van der Waals surface area (Å²) in [6, 6.07) is 5.79. The van der Waals surface area contributed by atoms with Crippen LogP contribution in [0, 0.1) is 5.92 Å². The lowest BCUT2D eigenvalue weighted by Crippen LogP contribution is -2.32. The van der Waals surface area contributed by atoms with Crippen LogP contribution in [0.25, 0.3) is 11.0 Å². The summed E-state index contributed by atoms with van der Waals surface area (Å²) >= 11 is 6.14. The molecule has 26 heavy (non-hydrogen) atoms. The fourth-order valence-corrected chi connectivity index (χ4v) is 4.08. The number of ketones is 1. The van der Waals surface area contributed by atoms with Gasteiger partial charge in [0, 0.05) is 24.8 Å². The van der Waals surface area contributed by atoms with Crippen molar-refractivity contribution in [3.8, 4) is 0 Å². The third-order valence-electron chi connectivity index (χ3n) is 5.35. The number of halogens is 2. The summed E-state index contributed by atoms with van der Waals surface area (Å²) in [5, 5.41) is 3.98. The summed E-state index contributed by atoms with van der Waals surface area (Å²) in [5.74, 6) is 1.68. The summed E-state index contributed by atoms with van der Waals surface area (Å²) in [7, 11) is 0. The van der Waals surface area contributed by atoms with Gasteiger partial charge in [0.05, 0.1) is 23.5 Å². The molecule has 4 rings (SSSR count). The average molecular weight is 398 g/mol. The topological polar surface area (TPSA) is 56.2 Å². The first kappa shape index (κ1) is 19.6. The molecule has 0 bridgehead atoms. The predicted molar refractivity (Wildman–Crippen MR) is 105 cm³/mol. The standard InChI is InChI=1S/C19H24ClN3O2.ClH/c20-14-3-4-17-16(10-14)22-19(11-18(24)15-2-1-7-21-15)23(17)12-13-5-8-25-9-6-13;/h3-4,10,13,15,21H,1-2,5-9,11-12H2;1H/t15-;/m0./s1. The van der Waals surface area contributed by atoms with Gasteiger partial charge in [0.2, 0.25) is 0 Å². The first-order valence-electron chi connectivity index (χ1n) is 9.19. The SMILES string of the molecule is Cl.O=C(Cc1nc2cc(Cl)ccc2n1CC1CCOCC1)[C@@H]1CCCN1. The fourth-order valence-electron chi connectivity index (χ4n) is 3.92. The number of imidazole rings is 1. The van der Waals surface area contributed by atoms with Gasteiger partial charge in [0.25, 0.3) is 0 Å². The number of aromatic nitrogens is 2. The molecule has 2 aliphatic rings. The van der Waals surface area contributed by atoms with Crippen molar-refractivity contribution in [1.82, 2.24) is 14.9 Å². The Balaban J connectivity index is 0.00000196. The molecular formula is C19H25Cl2N3O2. The largest absolute Gasteiger partial charge is 0.381 e. The number of hydrogen-bond acceptors (Lipinski definition) is 4. The highest BCUT2D eigenvalue weighted by Crippen LogP contribution is 2.25. The number of ether oxygens (including phenoxy) is 1. The van der Waals surface area contributed by atoms with Gasteiger partial charge in [-0.2, -0.15) is 0 Å². The van der Waals surface area contributed by atoms with E-state index in [2.05, 4.69) is 9.88 Å². The number of carbonyl (C=O) groups is 1. The van der Waals surface area contributed by atoms with Crippen molar-refractivity contribution in [3.05, 3.63) is 29.0 Å². The number of benzene rings is 1. The van der Waals surface area contributed by atoms with Crippen LogP contribution in [0.4, 0.5) is 0 Å². The van der Waals surface area contributed by atoms with Crippen molar-refractivity contribution in [1.29, 1.82) is 0 Å². The number of nitrogens with one attached hydrogen (secondary N) is 1. The van der Waals surface area contributed by atoms with Crippen LogP contribution in [0.1, 0.15) is 31.5 Å². The molecule has 0 saturated carbocycles. The first-order valence-corrected chi connectivity index (χ1v) is 9.57. The van der Waals surface area contributed by atoms with Crippen molar-refractivity contribution < 1.29 is 9.53 Å². The highest BCUT2D eigenvalue weighted by atomic mass is 35.5. The Labute approximate surface area is 164 Å². The lowest BCUT2D eigenvalue weighted by molar-refractivity contribution is -0.120. The molecule has 0 radical (unpaired) electrons. The zero-order valence-electron chi connectivity index (χ0n) is 14.7. The Morgan fingerprint density at radius 1 is 1.31 bits per heavy atom. The molecule has 142 valence electrons. The van der Waals surface area contributed by atoms with E-state index >= 15 is 0 Å². The van der Waals surface area contributed by atoms with Crippen LogP contribution in [0.3, 0.4) is 0 Å². The van der Waals surface area contributed by atoms with E-state index in [1.807, 2.05) is 18.2 Å². The minimum Gasteiger partial charge on any atom is -0.381 e. The number of rotatable bonds is 5. The number of fused-ring (bicyclic) bond motifs is 1. The predicted octanol–water partition coefficient (Wildman–Crippen LogP) is 3.40. The van der Waals surface area contributed by atoms with Crippen molar-refractivity contribution in [2.45, 2.75) is 44.7 Å². The maximum Gasteiger partial charge on any atom is 0.157 e. The van der Waals surface area contributed by atoms with Gasteiger partial charge < -0.3 is 14.6 Å². The van der Waals surface area contributed by atoms with Gasteiger partial charge in [-0.3, -0.25) is 4.79 Å². The number of hydrogen-bond donors (Lipinski definition) is 1. The molecule has 1 aromatic carbocycles. The molecule has 0 spiro atoms. The van der Waals surface area contributed by atoms with Gasteiger partial charge in [-0.1, -0.05) is 11.6 Å². The summed E-state index contributed by atoms with van der Waals surface area (Å²) in [6.07, 6.45) is 4.51. The Morgan fingerprint density at radius 3 is 2.85 bits per heavy atom. The third-order valence-corrected chi connectivity index (χ3v) is 5.59. The third kappa shape index (κ3) is 4.22. The van der Waals surface area contributed by atoms with E-state index in [4.69, 9.17) is 21.3 Å². The Hall–Kier alpha value is -1.14. The monoisotopic (exact) mass is 397 g/mol. The molecule has 1 atom stereocenters. The lowest BCUT2D eigenvalue weighted by atomic mass is 10.00. The Kier molecular flexibility index (Phi) is 6.56. The summed E-state index contributed by atoms with van der Waals surface area (Å²) in [4.78, 5) is 17.4. The summed E-state index contributed by atoms with van der Waals surface area (Å²) < 4.78 is 7.71. The second-order valence-corrected chi connectivity index (χ2v) is 7.56. The van der Waals surface area contributed by atoms with Crippen molar-refractivity contribution >= 4 is 40.8 Å². The molecule has 0 aliphatic carbocycles. The summed E-state index contributed by atoms with van der Waals surface area (Å²) in [6.45, 7) is 3.47. The van der Waals surface area contributed by atoms with Crippen LogP contribution in [-0.2, 0) is 22.5 Å². The zero-order valence-corrected chi connectivity index (χ0v) is 16.3. The summed E-state index contributed by atoms with van der Waals surface area (Å²) in [5.41, 5.74) is 1.94. The molecule has 0 amide bonds. The van der Waals surface area contributed by atoms with Crippen LogP contribution in [-0.4, -0.2) is 41.1 Å². The zero-order chi connectivity index (χ0) is 17.2. The van der Waals surface area contributed by atoms with Gasteiger partial charge in [0.1, 0.15) is 5.82 Å². The molecule has 3 heterocycles. The molecule has 2 aliphatic heterocycles. The maximum absolute atomic E-state index is 12.6. The van der Waals surface area contributed by atoms with Crippen LogP contribution in [0.2, 0.25) is 5.02 Å². The van der Waals surface area contributed by atoms with E-state index in [1.165, 1.54) is 0 Å². The molecule has 1 aromatic heterocycles. The van der Waals surface area contributed by atoms with Gasteiger partial charge >= 0.3 is 0 Å². The van der Waals surface area contributed by atoms with Gasteiger partial charge in [-0.15, -0.1) is 12.4 Å². The first-order chi connectivity index (χ1) is 12.2. The van der Waals surface area contributed by atoms with E-state index < -0.39 is 0 Å². The molecule has 2 saturated heterocycles. The normalized spacial score (nSPS) is 21.0. The number of nitrogens with zero attached hydrogens (tertiary/aromatic N) is 2. The second kappa shape index (κ2) is 8.70. The molecule has 2 fully saturated rings. The second-order valence-electron chi connectivity index (χ2n) is 7.12. The van der Waals surface area contributed by atoms with E-state index in [9.17, 15) is 4.79 Å². The quantitative estimate of drug-likeness (QED) is 0.839. The lowest BCUT2D eigenvalue weighted by Gasteiger charge is -2.23. The van der Waals surface area contributed by atoms with E-state index in [-0.39, 0.29) is 24.2 Å². The molecular weight excluding hydrogens is 373 g/mol. The van der Waals surface area contributed by atoms with Crippen molar-refractivity contribution in [2.24, 2.45) is 5.92 Å². The highest BCUT2D eigenvalue weighted by molar-refractivity contribution is 6.31. The fraction of sp³-hybridized carbons (Fsp3) is 0.579. The van der Waals surface area contributed by atoms with E-state index in [0.29, 0.717) is 17.4 Å². The van der Waals surface area contributed by atoms with Crippen molar-refractivity contribution in [3.63, 3.8) is 0 Å².